The summed E-state index contributed by atoms with van der Waals surface area (Å²) >= 11 is 4.74. The van der Waals surface area contributed by atoms with Crippen LogP contribution >= 0.6 is 11.6 Å². The molecule has 0 aromatic carbocycles. The Kier molecular flexibility index (Phi) is 1.93. The number of amides is 1. The molecule has 0 rings (SSSR count). The number of hydrogen-bond donors (Lipinski definition) is 1. The van der Waals surface area contributed by atoms with E-state index in [9.17, 15) is 4.79 Å². The first-order valence-corrected chi connectivity index (χ1v) is 1.44. The van der Waals surface area contributed by atoms with Gasteiger partial charge in [-0.1, -0.05) is 0 Å². The molecular weight excluding hydrogens is 89.5 g/mol. The number of nitrogens with two attached hydrogens (primary N) is 1. The first kappa shape index (κ1) is 4.76. The quantitative estimate of drug-likeness (QED) is 0.481. The SMILES string of the molecule is NC(=O)[CH]Cl. The third-order valence-corrected chi connectivity index (χ3v) is 0.323. The second kappa shape index (κ2) is 2.03. The molecule has 0 fully saturated rings. The summed E-state index contributed by atoms with van der Waals surface area (Å²) in [6, 6.07) is 0. The first-order chi connectivity index (χ1) is 2.27. The third kappa shape index (κ3) is 3.76. The smallest absolute Gasteiger partial charge is 0.237 e. The highest BCUT2D eigenvalue weighted by molar-refractivity contribution is 6.33. The van der Waals surface area contributed by atoms with Gasteiger partial charge in [0.1, 0.15) is 5.88 Å². The summed E-state index contributed by atoms with van der Waals surface area (Å²) < 4.78 is 0. The maximum Gasteiger partial charge on any atom is 0.237 e. The Morgan fingerprint density at radius 2 is 2.20 bits per heavy atom. The van der Waals surface area contributed by atoms with Crippen molar-refractivity contribution in [3.8, 4) is 0 Å². The lowest BCUT2D eigenvalue weighted by atomic mass is 10.8. The molecule has 0 spiro atoms. The van der Waals surface area contributed by atoms with Gasteiger partial charge in [0.25, 0.3) is 0 Å². The molecule has 5 heavy (non-hydrogen) atoms. The number of primary amides is 1. The van der Waals surface area contributed by atoms with E-state index < -0.39 is 5.91 Å². The van der Waals surface area contributed by atoms with E-state index >= 15 is 0 Å². The fraction of sp³-hybridized carbons (Fsp3) is 0. The number of carbonyl (C=O) groups is 1. The average molecular weight is 92.5 g/mol. The Balaban J connectivity index is 2.85. The van der Waals surface area contributed by atoms with Crippen LogP contribution in [-0.2, 0) is 4.79 Å². The molecule has 0 atom stereocenters. The van der Waals surface area contributed by atoms with E-state index in [-0.39, 0.29) is 0 Å². The standard InChI is InChI=1S/C2H3ClNO/c3-1-2(4)5/h1H,(H2,4,5). The van der Waals surface area contributed by atoms with Crippen LogP contribution in [0.1, 0.15) is 0 Å². The molecule has 0 saturated carbocycles. The van der Waals surface area contributed by atoms with Crippen LogP contribution in [0.15, 0.2) is 0 Å². The molecule has 0 aliphatic rings. The maximum absolute atomic E-state index is 9.40. The van der Waals surface area contributed by atoms with Gasteiger partial charge in [0.05, 0.1) is 0 Å². The maximum atomic E-state index is 9.40. The largest absolute Gasteiger partial charge is 0.368 e. The number of hydrogen-bond acceptors (Lipinski definition) is 1. The summed E-state index contributed by atoms with van der Waals surface area (Å²) in [4.78, 5) is 9.40. The molecule has 0 aromatic heterocycles. The lowest BCUT2D eigenvalue weighted by Crippen LogP contribution is -2.06. The third-order valence-electron chi connectivity index (χ3n) is 0.108. The second-order valence-electron chi connectivity index (χ2n) is 0.511. The van der Waals surface area contributed by atoms with Crippen molar-refractivity contribution in [3.63, 3.8) is 0 Å². The van der Waals surface area contributed by atoms with Gasteiger partial charge in [-0.25, -0.2) is 0 Å². The van der Waals surface area contributed by atoms with Crippen molar-refractivity contribution in [2.45, 2.75) is 0 Å². The Labute approximate surface area is 34.9 Å². The summed E-state index contributed by atoms with van der Waals surface area (Å²) in [5.74, 6) is 0.173. The minimum atomic E-state index is -0.605. The highest BCUT2D eigenvalue weighted by Gasteiger charge is 1.81. The summed E-state index contributed by atoms with van der Waals surface area (Å²) in [5, 5.41) is 0. The molecule has 0 aromatic rings. The molecule has 1 radical (unpaired) electrons. The van der Waals surface area contributed by atoms with Gasteiger partial charge in [-0.05, 0) is 0 Å². The Hall–Kier alpha value is -0.240. The second-order valence-corrected chi connectivity index (χ2v) is 0.730. The molecule has 0 aliphatic carbocycles. The normalized spacial score (nSPS) is 7.40. The predicted molar refractivity (Wildman–Crippen MR) is 19.3 cm³/mol. The van der Waals surface area contributed by atoms with Crippen molar-refractivity contribution >= 4 is 17.5 Å². The van der Waals surface area contributed by atoms with Gasteiger partial charge in [-0.2, -0.15) is 0 Å². The van der Waals surface area contributed by atoms with Gasteiger partial charge >= 0.3 is 0 Å². The topological polar surface area (TPSA) is 43.1 Å². The molecule has 0 bridgehead atoms. The van der Waals surface area contributed by atoms with Crippen molar-refractivity contribution in [2.75, 3.05) is 0 Å². The van der Waals surface area contributed by atoms with Crippen molar-refractivity contribution in [3.05, 3.63) is 5.88 Å². The lowest BCUT2D eigenvalue weighted by Gasteiger charge is -1.70. The van der Waals surface area contributed by atoms with E-state index in [4.69, 9.17) is 11.6 Å². The highest BCUT2D eigenvalue weighted by Crippen LogP contribution is 1.75. The van der Waals surface area contributed by atoms with Crippen LogP contribution in [0.2, 0.25) is 0 Å². The van der Waals surface area contributed by atoms with Gasteiger partial charge in [-0.3, -0.25) is 4.79 Å². The fourth-order valence-electron chi connectivity index (χ4n) is 0. The van der Waals surface area contributed by atoms with E-state index in [2.05, 4.69) is 5.73 Å². The number of rotatable bonds is 1. The Bertz CT molecular complexity index is 44.9. The molecular formula is C2H3ClNO. The highest BCUT2D eigenvalue weighted by atomic mass is 35.5. The van der Waals surface area contributed by atoms with Gasteiger partial charge < -0.3 is 5.73 Å². The number of carbonyl (C=O) groups excluding carboxylic acids is 1. The van der Waals surface area contributed by atoms with Crippen LogP contribution in [0.3, 0.4) is 0 Å². The van der Waals surface area contributed by atoms with Gasteiger partial charge in [-0.15, -0.1) is 11.6 Å². The minimum Gasteiger partial charge on any atom is -0.368 e. The molecule has 2 N–H and O–H groups in total. The number of halogens is 1. The monoisotopic (exact) mass is 92.0 g/mol. The van der Waals surface area contributed by atoms with Crippen LogP contribution in [-0.4, -0.2) is 5.91 Å². The predicted octanol–water partition coefficient (Wildman–Crippen LogP) is -0.128. The van der Waals surface area contributed by atoms with E-state index in [0.29, 0.717) is 0 Å². The van der Waals surface area contributed by atoms with Crippen molar-refractivity contribution in [1.29, 1.82) is 0 Å². The molecule has 0 heterocycles. The summed E-state index contributed by atoms with van der Waals surface area (Å²) in [6.07, 6.45) is 0. The summed E-state index contributed by atoms with van der Waals surface area (Å²) in [6.45, 7) is 0. The molecule has 1 amide bonds. The van der Waals surface area contributed by atoms with Crippen molar-refractivity contribution < 1.29 is 4.79 Å². The van der Waals surface area contributed by atoms with E-state index in [1.807, 2.05) is 0 Å². The molecule has 3 heteroatoms. The van der Waals surface area contributed by atoms with Crippen LogP contribution in [0, 0.1) is 5.88 Å². The molecule has 29 valence electrons. The molecule has 2 nitrogen and oxygen atoms in total. The minimum absolute atomic E-state index is 0.605. The summed E-state index contributed by atoms with van der Waals surface area (Å²) in [7, 11) is 0. The molecule has 0 aliphatic heterocycles. The van der Waals surface area contributed by atoms with Crippen LogP contribution in [0.25, 0.3) is 0 Å². The molecule has 0 saturated heterocycles. The lowest BCUT2D eigenvalue weighted by molar-refractivity contribution is -0.114. The fourth-order valence-corrected chi connectivity index (χ4v) is 0. The van der Waals surface area contributed by atoms with Crippen molar-refractivity contribution in [2.24, 2.45) is 5.73 Å². The zero-order valence-corrected chi connectivity index (χ0v) is 3.20. The molecule has 0 unspecified atom stereocenters. The van der Waals surface area contributed by atoms with E-state index in [1.54, 1.807) is 0 Å². The van der Waals surface area contributed by atoms with Gasteiger partial charge in [0.2, 0.25) is 5.91 Å². The van der Waals surface area contributed by atoms with Crippen LogP contribution in [0.5, 0.6) is 0 Å². The van der Waals surface area contributed by atoms with Gasteiger partial charge in [0, 0.05) is 0 Å². The van der Waals surface area contributed by atoms with E-state index in [0.717, 1.165) is 5.88 Å². The zero-order valence-electron chi connectivity index (χ0n) is 2.44. The van der Waals surface area contributed by atoms with Crippen LogP contribution < -0.4 is 5.73 Å². The first-order valence-electron chi connectivity index (χ1n) is 1.000. The zero-order chi connectivity index (χ0) is 4.28. The average Bonchev–Trinajstić information content (AvgIpc) is 1.38. The van der Waals surface area contributed by atoms with E-state index in [1.165, 1.54) is 0 Å². The van der Waals surface area contributed by atoms with Crippen LogP contribution in [0.4, 0.5) is 0 Å². The van der Waals surface area contributed by atoms with Gasteiger partial charge in [0.15, 0.2) is 0 Å². The van der Waals surface area contributed by atoms with Crippen molar-refractivity contribution in [1.82, 2.24) is 0 Å². The summed E-state index contributed by atoms with van der Waals surface area (Å²) in [5.41, 5.74) is 4.47. The Morgan fingerprint density at radius 3 is 2.20 bits per heavy atom. The Morgan fingerprint density at radius 1 is 2.00 bits per heavy atom.